The highest BCUT2D eigenvalue weighted by Crippen LogP contribution is 2.33. The molecular formula is C16H17N5O2S. The molecule has 2 heterocycles. The van der Waals surface area contributed by atoms with Gasteiger partial charge in [0, 0.05) is 12.3 Å². The van der Waals surface area contributed by atoms with Gasteiger partial charge >= 0.3 is 0 Å². The van der Waals surface area contributed by atoms with E-state index in [-0.39, 0.29) is 0 Å². The van der Waals surface area contributed by atoms with Crippen LogP contribution in [0.4, 0.5) is 16.8 Å². The maximum Gasteiger partial charge on any atom is 0.227 e. The van der Waals surface area contributed by atoms with Crippen LogP contribution in [0.15, 0.2) is 30.5 Å². The Labute approximate surface area is 143 Å². The first-order chi connectivity index (χ1) is 11.6. The molecule has 0 aliphatic heterocycles. The van der Waals surface area contributed by atoms with Gasteiger partial charge in [-0.2, -0.15) is 0 Å². The summed E-state index contributed by atoms with van der Waals surface area (Å²) >= 11 is 1.40. The van der Waals surface area contributed by atoms with E-state index in [2.05, 4.69) is 20.3 Å². The molecule has 0 bridgehead atoms. The fraction of sp³-hybridized carbons (Fsp3) is 0.188. The molecule has 0 spiro atoms. The van der Waals surface area contributed by atoms with Crippen molar-refractivity contribution in [3.8, 4) is 22.1 Å². The number of nitrogen functional groups attached to an aromatic ring is 1. The second-order valence-corrected chi connectivity index (χ2v) is 5.95. The minimum absolute atomic E-state index is 0.449. The average molecular weight is 343 g/mol. The summed E-state index contributed by atoms with van der Waals surface area (Å²) in [7, 11) is 3.22. The molecule has 3 rings (SSSR count). The zero-order chi connectivity index (χ0) is 17.1. The summed E-state index contributed by atoms with van der Waals surface area (Å²) in [6, 6.07) is 7.29. The van der Waals surface area contributed by atoms with Gasteiger partial charge in [-0.15, -0.1) is 0 Å². The SMILES string of the molecule is COc1ccc(OC)c(Nc2nccc(-c3sc(N)nc3C)n2)c1. The lowest BCUT2D eigenvalue weighted by atomic mass is 10.2. The molecule has 2 aromatic heterocycles. The topological polar surface area (TPSA) is 95.2 Å². The Balaban J connectivity index is 1.94. The fourth-order valence-electron chi connectivity index (χ4n) is 2.23. The zero-order valence-corrected chi connectivity index (χ0v) is 14.3. The van der Waals surface area contributed by atoms with E-state index >= 15 is 0 Å². The highest BCUT2D eigenvalue weighted by molar-refractivity contribution is 7.18. The number of anilines is 3. The first kappa shape index (κ1) is 16.0. The maximum absolute atomic E-state index is 5.77. The zero-order valence-electron chi connectivity index (χ0n) is 13.5. The van der Waals surface area contributed by atoms with Crippen molar-refractivity contribution in [2.24, 2.45) is 0 Å². The summed E-state index contributed by atoms with van der Waals surface area (Å²) in [5.41, 5.74) is 8.10. The number of hydrogen-bond acceptors (Lipinski definition) is 8. The molecule has 3 N–H and O–H groups in total. The summed E-state index contributed by atoms with van der Waals surface area (Å²) in [5, 5.41) is 3.68. The summed E-state index contributed by atoms with van der Waals surface area (Å²) < 4.78 is 10.6. The third-order valence-corrected chi connectivity index (χ3v) is 4.36. The second kappa shape index (κ2) is 6.71. The Morgan fingerprint density at radius 1 is 1.12 bits per heavy atom. The van der Waals surface area contributed by atoms with Gasteiger partial charge in [-0.05, 0) is 25.1 Å². The Morgan fingerprint density at radius 3 is 2.62 bits per heavy atom. The third kappa shape index (κ3) is 3.23. The number of hydrogen-bond donors (Lipinski definition) is 2. The lowest BCUT2D eigenvalue weighted by Crippen LogP contribution is -2.00. The van der Waals surface area contributed by atoms with Crippen molar-refractivity contribution in [1.82, 2.24) is 15.0 Å². The van der Waals surface area contributed by atoms with Gasteiger partial charge in [0.15, 0.2) is 5.13 Å². The highest BCUT2D eigenvalue weighted by atomic mass is 32.1. The van der Waals surface area contributed by atoms with E-state index in [1.54, 1.807) is 20.4 Å². The van der Waals surface area contributed by atoms with Gasteiger partial charge in [0.25, 0.3) is 0 Å². The molecule has 0 aliphatic rings. The number of rotatable bonds is 5. The van der Waals surface area contributed by atoms with Gasteiger partial charge in [-0.25, -0.2) is 15.0 Å². The van der Waals surface area contributed by atoms with Crippen LogP contribution in [0, 0.1) is 6.92 Å². The predicted molar refractivity (Wildman–Crippen MR) is 95.1 cm³/mol. The molecule has 7 nitrogen and oxygen atoms in total. The van der Waals surface area contributed by atoms with Crippen LogP contribution in [0.25, 0.3) is 10.6 Å². The van der Waals surface area contributed by atoms with Crippen LogP contribution >= 0.6 is 11.3 Å². The van der Waals surface area contributed by atoms with Crippen molar-refractivity contribution in [3.63, 3.8) is 0 Å². The van der Waals surface area contributed by atoms with Crippen LogP contribution in [0.1, 0.15) is 5.69 Å². The molecular weight excluding hydrogens is 326 g/mol. The van der Waals surface area contributed by atoms with E-state index in [0.29, 0.717) is 22.6 Å². The van der Waals surface area contributed by atoms with E-state index in [1.165, 1.54) is 11.3 Å². The monoisotopic (exact) mass is 343 g/mol. The summed E-state index contributed by atoms with van der Waals surface area (Å²) in [6.45, 7) is 1.91. The normalized spacial score (nSPS) is 10.5. The molecule has 0 atom stereocenters. The Morgan fingerprint density at radius 2 is 1.96 bits per heavy atom. The lowest BCUT2D eigenvalue weighted by molar-refractivity contribution is 0.405. The first-order valence-corrected chi connectivity index (χ1v) is 7.97. The Bertz CT molecular complexity index is 865. The smallest absolute Gasteiger partial charge is 0.227 e. The second-order valence-electron chi connectivity index (χ2n) is 4.92. The fourth-order valence-corrected chi connectivity index (χ4v) is 3.04. The molecule has 124 valence electrons. The average Bonchev–Trinajstić information content (AvgIpc) is 2.93. The minimum Gasteiger partial charge on any atom is -0.497 e. The molecule has 0 saturated heterocycles. The van der Waals surface area contributed by atoms with Gasteiger partial charge in [-0.3, -0.25) is 0 Å². The van der Waals surface area contributed by atoms with Crippen LogP contribution in [0.2, 0.25) is 0 Å². The van der Waals surface area contributed by atoms with Crippen molar-refractivity contribution in [2.45, 2.75) is 6.92 Å². The molecule has 0 unspecified atom stereocenters. The van der Waals surface area contributed by atoms with Crippen LogP contribution in [-0.4, -0.2) is 29.2 Å². The predicted octanol–water partition coefficient (Wildman–Crippen LogP) is 3.25. The number of methoxy groups -OCH3 is 2. The molecule has 1 aromatic carbocycles. The molecule has 0 amide bonds. The van der Waals surface area contributed by atoms with E-state index in [1.807, 2.05) is 31.2 Å². The number of aromatic nitrogens is 3. The molecule has 0 aliphatic carbocycles. The standard InChI is InChI=1S/C16H17N5O2S/c1-9-14(24-15(17)19-9)11-6-7-18-16(20-11)21-12-8-10(22-2)4-5-13(12)23-3/h4-8H,1-3H3,(H2,17,19)(H,18,20,21). The van der Waals surface area contributed by atoms with Crippen LogP contribution in [0.3, 0.4) is 0 Å². The van der Waals surface area contributed by atoms with E-state index in [9.17, 15) is 0 Å². The first-order valence-electron chi connectivity index (χ1n) is 7.16. The van der Waals surface area contributed by atoms with E-state index in [0.717, 1.165) is 22.0 Å². The Hall–Kier alpha value is -2.87. The molecule has 3 aromatic rings. The summed E-state index contributed by atoms with van der Waals surface area (Å²) in [6.07, 6.45) is 1.69. The minimum atomic E-state index is 0.449. The third-order valence-electron chi connectivity index (χ3n) is 3.35. The molecule has 0 fully saturated rings. The van der Waals surface area contributed by atoms with Crippen molar-refractivity contribution in [3.05, 3.63) is 36.2 Å². The number of ether oxygens (including phenoxy) is 2. The van der Waals surface area contributed by atoms with Crippen molar-refractivity contribution in [2.75, 3.05) is 25.3 Å². The maximum atomic E-state index is 5.77. The Kier molecular flexibility index (Phi) is 4.48. The van der Waals surface area contributed by atoms with E-state index < -0.39 is 0 Å². The van der Waals surface area contributed by atoms with Gasteiger partial charge in [0.05, 0.1) is 36.2 Å². The van der Waals surface area contributed by atoms with Crippen LogP contribution in [0.5, 0.6) is 11.5 Å². The summed E-state index contributed by atoms with van der Waals surface area (Å²) in [4.78, 5) is 14.0. The van der Waals surface area contributed by atoms with Gasteiger partial charge < -0.3 is 20.5 Å². The molecule has 0 radical (unpaired) electrons. The summed E-state index contributed by atoms with van der Waals surface area (Å²) in [5.74, 6) is 1.83. The lowest BCUT2D eigenvalue weighted by Gasteiger charge is -2.12. The van der Waals surface area contributed by atoms with Crippen molar-refractivity contribution >= 4 is 28.1 Å². The molecule has 8 heteroatoms. The quantitative estimate of drug-likeness (QED) is 0.734. The largest absolute Gasteiger partial charge is 0.497 e. The van der Waals surface area contributed by atoms with Crippen LogP contribution in [-0.2, 0) is 0 Å². The number of aryl methyl sites for hydroxylation is 1. The number of nitrogens with one attached hydrogen (secondary N) is 1. The number of nitrogens with zero attached hydrogens (tertiary/aromatic N) is 3. The van der Waals surface area contributed by atoms with Gasteiger partial charge in [0.2, 0.25) is 5.95 Å². The number of benzene rings is 1. The number of thiazole rings is 1. The van der Waals surface area contributed by atoms with Gasteiger partial charge in [0.1, 0.15) is 11.5 Å². The van der Waals surface area contributed by atoms with Crippen molar-refractivity contribution in [1.29, 1.82) is 0 Å². The molecule has 0 saturated carbocycles. The molecule has 24 heavy (non-hydrogen) atoms. The van der Waals surface area contributed by atoms with Crippen molar-refractivity contribution < 1.29 is 9.47 Å². The van der Waals surface area contributed by atoms with Gasteiger partial charge in [-0.1, -0.05) is 11.3 Å². The van der Waals surface area contributed by atoms with E-state index in [4.69, 9.17) is 15.2 Å². The van der Waals surface area contributed by atoms with Crippen LogP contribution < -0.4 is 20.5 Å². The number of nitrogens with two attached hydrogens (primary N) is 1. The highest BCUT2D eigenvalue weighted by Gasteiger charge is 2.12.